The molecule has 1 aliphatic heterocycles. The van der Waals surface area contributed by atoms with Crippen molar-refractivity contribution >= 4 is 11.4 Å². The van der Waals surface area contributed by atoms with Crippen LogP contribution in [0.25, 0.3) is 17.1 Å². The summed E-state index contributed by atoms with van der Waals surface area (Å²) in [5.74, 6) is -0.248. The predicted molar refractivity (Wildman–Crippen MR) is 116 cm³/mol. The molecule has 166 valence electrons. The molecule has 5 aromatic heterocycles. The minimum Gasteiger partial charge on any atom is -0.411 e. The second-order valence-electron chi connectivity index (χ2n) is 7.99. The van der Waals surface area contributed by atoms with E-state index in [0.717, 1.165) is 29.0 Å². The van der Waals surface area contributed by atoms with E-state index < -0.39 is 6.04 Å². The largest absolute Gasteiger partial charge is 0.411 e. The Morgan fingerprint density at radius 2 is 2.15 bits per heavy atom. The Hall–Kier alpha value is -4.28. The lowest BCUT2D eigenvalue weighted by Crippen LogP contribution is -2.41. The number of pyridine rings is 1. The number of rotatable bonds is 4. The van der Waals surface area contributed by atoms with Gasteiger partial charge in [-0.3, -0.25) is 9.48 Å². The SMILES string of the molecule is CCc1cccn2nc(C3c4nc[nH]c4CCN3C(=O)c3nnc(-c4ccn(C)n4)o3)cc12. The van der Waals surface area contributed by atoms with E-state index in [1.54, 1.807) is 35.2 Å². The molecule has 0 saturated carbocycles. The Kier molecular flexibility index (Phi) is 4.35. The molecule has 0 radical (unpaired) electrons. The van der Waals surface area contributed by atoms with Crippen molar-refractivity contribution in [2.45, 2.75) is 25.8 Å². The van der Waals surface area contributed by atoms with Crippen molar-refractivity contribution in [3.05, 3.63) is 71.5 Å². The van der Waals surface area contributed by atoms with Crippen LogP contribution in [0.15, 0.2) is 47.4 Å². The zero-order valence-electron chi connectivity index (χ0n) is 18.1. The minimum atomic E-state index is -0.470. The summed E-state index contributed by atoms with van der Waals surface area (Å²) < 4.78 is 9.19. The fourth-order valence-corrected chi connectivity index (χ4v) is 4.39. The number of aromatic nitrogens is 8. The standard InChI is InChI=1S/C22H21N9O2/c1-3-13-5-4-8-31-17(13)11-16(28-31)19-18-14(23-12-24-18)7-10-30(19)22(32)21-26-25-20(33-21)15-6-9-29(2)27-15/h4-6,8-9,11-12,19H,3,7,10H2,1-2H3,(H,23,24). The van der Waals surface area contributed by atoms with Crippen molar-refractivity contribution in [2.75, 3.05) is 6.54 Å². The van der Waals surface area contributed by atoms with Gasteiger partial charge in [0.1, 0.15) is 11.7 Å². The molecule has 0 fully saturated rings. The maximum Gasteiger partial charge on any atom is 0.312 e. The Labute approximate surface area is 188 Å². The zero-order valence-corrected chi connectivity index (χ0v) is 18.1. The third kappa shape index (κ3) is 3.12. The average molecular weight is 443 g/mol. The van der Waals surface area contributed by atoms with Crippen molar-refractivity contribution < 1.29 is 9.21 Å². The average Bonchev–Trinajstić information content (AvgIpc) is 3.62. The number of hydrogen-bond donors (Lipinski definition) is 1. The van der Waals surface area contributed by atoms with Gasteiger partial charge in [-0.25, -0.2) is 9.50 Å². The summed E-state index contributed by atoms with van der Waals surface area (Å²) in [6, 6.07) is 7.37. The molecule has 33 heavy (non-hydrogen) atoms. The second-order valence-corrected chi connectivity index (χ2v) is 7.99. The first-order valence-corrected chi connectivity index (χ1v) is 10.8. The highest BCUT2D eigenvalue weighted by molar-refractivity contribution is 5.90. The summed E-state index contributed by atoms with van der Waals surface area (Å²) in [6.45, 7) is 2.58. The molecular weight excluding hydrogens is 422 g/mol. The third-order valence-corrected chi connectivity index (χ3v) is 6.00. The Bertz CT molecular complexity index is 1470. The quantitative estimate of drug-likeness (QED) is 0.452. The molecule has 6 rings (SSSR count). The highest BCUT2D eigenvalue weighted by atomic mass is 16.4. The van der Waals surface area contributed by atoms with Crippen molar-refractivity contribution in [2.24, 2.45) is 7.05 Å². The van der Waals surface area contributed by atoms with E-state index in [4.69, 9.17) is 9.52 Å². The maximum absolute atomic E-state index is 13.5. The first kappa shape index (κ1) is 19.4. The lowest BCUT2D eigenvalue weighted by molar-refractivity contribution is 0.0646. The number of carbonyl (C=O) groups is 1. The van der Waals surface area contributed by atoms with Gasteiger partial charge in [0.25, 0.3) is 5.89 Å². The van der Waals surface area contributed by atoms with Crippen LogP contribution in [0.1, 0.15) is 46.3 Å². The van der Waals surface area contributed by atoms with Crippen LogP contribution in [0, 0.1) is 0 Å². The van der Waals surface area contributed by atoms with Gasteiger partial charge in [0, 0.05) is 38.1 Å². The van der Waals surface area contributed by atoms with Crippen LogP contribution in [0.5, 0.6) is 0 Å². The van der Waals surface area contributed by atoms with Crippen LogP contribution in [0.3, 0.4) is 0 Å². The van der Waals surface area contributed by atoms with E-state index in [1.165, 1.54) is 5.56 Å². The first-order chi connectivity index (χ1) is 16.1. The van der Waals surface area contributed by atoms with Gasteiger partial charge in [-0.15, -0.1) is 10.2 Å². The van der Waals surface area contributed by atoms with E-state index in [0.29, 0.717) is 18.7 Å². The van der Waals surface area contributed by atoms with Crippen LogP contribution >= 0.6 is 0 Å². The molecule has 5 aromatic rings. The summed E-state index contributed by atoms with van der Waals surface area (Å²) in [6.07, 6.45) is 6.87. The molecule has 0 bridgehead atoms. The number of hydrogen-bond acceptors (Lipinski definition) is 7. The lowest BCUT2D eigenvalue weighted by atomic mass is 9.99. The van der Waals surface area contributed by atoms with Gasteiger partial charge in [-0.05, 0) is 30.2 Å². The smallest absolute Gasteiger partial charge is 0.312 e. The van der Waals surface area contributed by atoms with Gasteiger partial charge in [-0.1, -0.05) is 13.0 Å². The van der Waals surface area contributed by atoms with E-state index in [1.807, 2.05) is 22.8 Å². The molecule has 1 N–H and O–H groups in total. The predicted octanol–water partition coefficient (Wildman–Crippen LogP) is 2.19. The Morgan fingerprint density at radius 1 is 1.24 bits per heavy atom. The van der Waals surface area contributed by atoms with Gasteiger partial charge in [0.05, 0.1) is 23.2 Å². The number of nitrogens with zero attached hydrogens (tertiary/aromatic N) is 8. The molecule has 1 amide bonds. The topological polar surface area (TPSA) is 123 Å². The molecule has 0 aliphatic carbocycles. The molecule has 11 heteroatoms. The Morgan fingerprint density at radius 3 is 2.97 bits per heavy atom. The number of imidazole rings is 1. The fourth-order valence-electron chi connectivity index (χ4n) is 4.39. The number of aromatic amines is 1. The second kappa shape index (κ2) is 7.40. The Balaban J connectivity index is 1.41. The van der Waals surface area contributed by atoms with Gasteiger partial charge in [0.15, 0.2) is 0 Å². The number of amides is 1. The number of aryl methyl sites for hydroxylation is 2. The molecule has 11 nitrogen and oxygen atoms in total. The molecule has 1 atom stereocenters. The monoisotopic (exact) mass is 443 g/mol. The van der Waals surface area contributed by atoms with Gasteiger partial charge in [-0.2, -0.15) is 10.2 Å². The van der Waals surface area contributed by atoms with Gasteiger partial charge < -0.3 is 14.3 Å². The maximum atomic E-state index is 13.5. The summed E-state index contributed by atoms with van der Waals surface area (Å²) in [4.78, 5) is 23.0. The molecule has 0 saturated heterocycles. The number of nitrogens with one attached hydrogen (secondary N) is 1. The lowest BCUT2D eigenvalue weighted by Gasteiger charge is -2.32. The van der Waals surface area contributed by atoms with Gasteiger partial charge in [0.2, 0.25) is 0 Å². The highest BCUT2D eigenvalue weighted by Crippen LogP contribution is 2.34. The van der Waals surface area contributed by atoms with Crippen LogP contribution in [0.2, 0.25) is 0 Å². The van der Waals surface area contributed by atoms with E-state index >= 15 is 0 Å². The first-order valence-electron chi connectivity index (χ1n) is 10.8. The molecular formula is C22H21N9O2. The normalized spacial score (nSPS) is 15.8. The van der Waals surface area contributed by atoms with Crippen molar-refractivity contribution in [1.29, 1.82) is 0 Å². The summed E-state index contributed by atoms with van der Waals surface area (Å²) in [5, 5.41) is 17.1. The van der Waals surface area contributed by atoms with Crippen molar-refractivity contribution in [1.82, 2.24) is 44.5 Å². The van der Waals surface area contributed by atoms with E-state index in [2.05, 4.69) is 38.3 Å². The molecule has 0 spiro atoms. The highest BCUT2D eigenvalue weighted by Gasteiger charge is 2.38. The van der Waals surface area contributed by atoms with Crippen molar-refractivity contribution in [3.63, 3.8) is 0 Å². The van der Waals surface area contributed by atoms with Crippen LogP contribution in [-0.2, 0) is 19.9 Å². The zero-order chi connectivity index (χ0) is 22.5. The molecule has 1 unspecified atom stereocenters. The third-order valence-electron chi connectivity index (χ3n) is 6.00. The summed E-state index contributed by atoms with van der Waals surface area (Å²) >= 11 is 0. The van der Waals surface area contributed by atoms with Crippen molar-refractivity contribution in [3.8, 4) is 11.6 Å². The fraction of sp³-hybridized carbons (Fsp3) is 0.273. The number of carbonyl (C=O) groups excluding carboxylic acids is 1. The van der Waals surface area contributed by atoms with Gasteiger partial charge >= 0.3 is 11.8 Å². The van der Waals surface area contributed by atoms with Crippen LogP contribution < -0.4 is 0 Å². The summed E-state index contributed by atoms with van der Waals surface area (Å²) in [5.41, 5.74) is 5.23. The minimum absolute atomic E-state index is 0.0855. The summed E-state index contributed by atoms with van der Waals surface area (Å²) in [7, 11) is 1.80. The molecule has 1 aliphatic rings. The number of H-pyrrole nitrogens is 1. The number of fused-ring (bicyclic) bond motifs is 2. The molecule has 0 aromatic carbocycles. The van der Waals surface area contributed by atoms with E-state index in [9.17, 15) is 4.79 Å². The van der Waals surface area contributed by atoms with E-state index in [-0.39, 0.29) is 17.7 Å². The molecule has 6 heterocycles. The van der Waals surface area contributed by atoms with Crippen LogP contribution in [0.4, 0.5) is 0 Å². The van der Waals surface area contributed by atoms with Crippen LogP contribution in [-0.4, -0.2) is 56.9 Å².